The summed E-state index contributed by atoms with van der Waals surface area (Å²) in [5.41, 5.74) is 0.956. The van der Waals surface area contributed by atoms with Gasteiger partial charge < -0.3 is 14.6 Å². The summed E-state index contributed by atoms with van der Waals surface area (Å²) in [6.45, 7) is 17.3. The molecule has 6 nitrogen and oxygen atoms in total. The van der Waals surface area contributed by atoms with Gasteiger partial charge in [-0.2, -0.15) is 0 Å². The molecule has 0 unspecified atom stereocenters. The molecule has 0 fully saturated rings. The second-order valence-electron chi connectivity index (χ2n) is 8.47. The highest BCUT2D eigenvalue weighted by molar-refractivity contribution is 7.98. The van der Waals surface area contributed by atoms with Gasteiger partial charge in [-0.15, -0.1) is 0 Å². The maximum atomic E-state index is 12.1. The topological polar surface area (TPSA) is 71.3 Å². The van der Waals surface area contributed by atoms with Crippen molar-refractivity contribution in [2.24, 2.45) is 5.92 Å². The van der Waals surface area contributed by atoms with Gasteiger partial charge >= 0.3 is 0 Å². The highest BCUT2D eigenvalue weighted by atomic mass is 32.2. The van der Waals surface area contributed by atoms with Gasteiger partial charge in [0.25, 0.3) is 5.91 Å². The molecule has 0 saturated carbocycles. The van der Waals surface area contributed by atoms with Gasteiger partial charge in [0.1, 0.15) is 11.6 Å². The van der Waals surface area contributed by atoms with Gasteiger partial charge in [-0.05, 0) is 31.9 Å². The van der Waals surface area contributed by atoms with Gasteiger partial charge in [-0.1, -0.05) is 46.4 Å². The van der Waals surface area contributed by atoms with Gasteiger partial charge in [0, 0.05) is 31.1 Å². The summed E-state index contributed by atoms with van der Waals surface area (Å²) in [5, 5.41) is 3.60. The van der Waals surface area contributed by atoms with E-state index in [1.807, 2.05) is 6.07 Å². The molecule has 0 aromatic carbocycles. The molecule has 0 saturated heterocycles. The highest BCUT2D eigenvalue weighted by Gasteiger charge is 2.20. The van der Waals surface area contributed by atoms with Crippen LogP contribution in [0.3, 0.4) is 0 Å². The van der Waals surface area contributed by atoms with E-state index in [9.17, 15) is 4.79 Å². The fraction of sp³-hybridized carbons (Fsp3) is 0.591. The van der Waals surface area contributed by atoms with Crippen molar-refractivity contribution in [2.75, 3.05) is 24.5 Å². The zero-order valence-electron chi connectivity index (χ0n) is 18.7. The van der Waals surface area contributed by atoms with Gasteiger partial charge in [0.05, 0.1) is 11.4 Å². The molecule has 1 N–H and O–H groups in total. The number of anilines is 1. The molecule has 0 spiro atoms. The first-order chi connectivity index (χ1) is 13.6. The monoisotopic (exact) mass is 418 g/mol. The SMILES string of the molecule is CCN(CC)c1cc(C(C)(C)C)nc(SCc2ccc(C(=O)NCC(C)C)o2)n1. The molecule has 0 aliphatic heterocycles. The quantitative estimate of drug-likeness (QED) is 0.462. The molecule has 160 valence electrons. The first kappa shape index (κ1) is 23.3. The van der Waals surface area contributed by atoms with Crippen LogP contribution in [-0.2, 0) is 11.2 Å². The molecule has 2 aromatic heterocycles. The number of thioether (sulfide) groups is 1. The Labute approximate surface area is 178 Å². The summed E-state index contributed by atoms with van der Waals surface area (Å²) >= 11 is 1.53. The van der Waals surface area contributed by atoms with Crippen molar-refractivity contribution in [3.05, 3.63) is 35.4 Å². The average molecular weight is 419 g/mol. The lowest BCUT2D eigenvalue weighted by Gasteiger charge is -2.24. The predicted molar refractivity (Wildman–Crippen MR) is 120 cm³/mol. The van der Waals surface area contributed by atoms with E-state index in [0.717, 1.165) is 35.5 Å². The molecule has 0 aliphatic carbocycles. The minimum absolute atomic E-state index is 0.0630. The van der Waals surface area contributed by atoms with Gasteiger partial charge in [0.15, 0.2) is 10.9 Å². The molecule has 29 heavy (non-hydrogen) atoms. The van der Waals surface area contributed by atoms with E-state index in [1.165, 1.54) is 11.8 Å². The van der Waals surface area contributed by atoms with E-state index in [1.54, 1.807) is 6.07 Å². The number of rotatable bonds is 9. The van der Waals surface area contributed by atoms with E-state index in [-0.39, 0.29) is 11.3 Å². The van der Waals surface area contributed by atoms with Crippen molar-refractivity contribution >= 4 is 23.5 Å². The Morgan fingerprint density at radius 1 is 1.21 bits per heavy atom. The molecule has 2 heterocycles. The first-order valence-electron chi connectivity index (χ1n) is 10.3. The lowest BCUT2D eigenvalue weighted by atomic mass is 9.92. The number of amides is 1. The van der Waals surface area contributed by atoms with E-state index in [2.05, 4.69) is 64.7 Å². The molecule has 1 amide bonds. The van der Waals surface area contributed by atoms with E-state index < -0.39 is 0 Å². The van der Waals surface area contributed by atoms with E-state index in [0.29, 0.717) is 24.0 Å². The van der Waals surface area contributed by atoms with Crippen LogP contribution in [0.4, 0.5) is 5.82 Å². The lowest BCUT2D eigenvalue weighted by Crippen LogP contribution is -2.26. The number of nitrogens with zero attached hydrogens (tertiary/aromatic N) is 3. The summed E-state index contributed by atoms with van der Waals surface area (Å²) in [7, 11) is 0. The van der Waals surface area contributed by atoms with Gasteiger partial charge in [0.2, 0.25) is 0 Å². The van der Waals surface area contributed by atoms with Crippen LogP contribution >= 0.6 is 11.8 Å². The van der Waals surface area contributed by atoms with Crippen LogP contribution in [-0.4, -0.2) is 35.5 Å². The van der Waals surface area contributed by atoms with Crippen LogP contribution < -0.4 is 10.2 Å². The molecular weight excluding hydrogens is 384 g/mol. The number of furan rings is 1. The Kier molecular flexibility index (Phi) is 8.14. The second kappa shape index (κ2) is 10.1. The summed E-state index contributed by atoms with van der Waals surface area (Å²) in [5.74, 6) is 2.82. The van der Waals surface area contributed by atoms with Crippen LogP contribution in [0.15, 0.2) is 27.8 Å². The van der Waals surface area contributed by atoms with Gasteiger partial charge in [-0.25, -0.2) is 9.97 Å². The first-order valence-corrected chi connectivity index (χ1v) is 11.3. The highest BCUT2D eigenvalue weighted by Crippen LogP contribution is 2.28. The Bertz CT molecular complexity index is 807. The summed E-state index contributed by atoms with van der Waals surface area (Å²) in [6.07, 6.45) is 0. The minimum atomic E-state index is -0.176. The Morgan fingerprint density at radius 2 is 1.90 bits per heavy atom. The zero-order valence-corrected chi connectivity index (χ0v) is 19.5. The summed E-state index contributed by atoms with van der Waals surface area (Å²) in [6, 6.07) is 5.65. The number of nitrogens with one attached hydrogen (secondary N) is 1. The van der Waals surface area contributed by atoms with E-state index in [4.69, 9.17) is 14.4 Å². The Morgan fingerprint density at radius 3 is 2.48 bits per heavy atom. The molecular formula is C22H34N4O2S. The van der Waals surface area contributed by atoms with Crippen molar-refractivity contribution in [1.29, 1.82) is 0 Å². The number of carbonyl (C=O) groups is 1. The second-order valence-corrected chi connectivity index (χ2v) is 9.42. The third kappa shape index (κ3) is 6.77. The number of aromatic nitrogens is 2. The van der Waals surface area contributed by atoms with Crippen molar-refractivity contribution in [2.45, 2.75) is 64.8 Å². The molecule has 0 atom stereocenters. The predicted octanol–water partition coefficient (Wildman–Crippen LogP) is 4.89. The molecule has 7 heteroatoms. The van der Waals surface area contributed by atoms with Crippen molar-refractivity contribution in [1.82, 2.24) is 15.3 Å². The molecule has 0 aliphatic rings. The van der Waals surface area contributed by atoms with Gasteiger partial charge in [-0.3, -0.25) is 4.79 Å². The number of hydrogen-bond acceptors (Lipinski definition) is 6. The smallest absolute Gasteiger partial charge is 0.287 e. The Hall–Kier alpha value is -2.02. The average Bonchev–Trinajstić information content (AvgIpc) is 3.14. The number of carbonyl (C=O) groups excluding carboxylic acids is 1. The maximum Gasteiger partial charge on any atom is 0.287 e. The van der Waals surface area contributed by atoms with Crippen LogP contribution in [0, 0.1) is 5.92 Å². The zero-order chi connectivity index (χ0) is 21.6. The molecule has 0 radical (unpaired) electrons. The fourth-order valence-corrected chi connectivity index (χ4v) is 3.42. The van der Waals surface area contributed by atoms with Crippen LogP contribution in [0.5, 0.6) is 0 Å². The van der Waals surface area contributed by atoms with Crippen molar-refractivity contribution in [3.8, 4) is 0 Å². The summed E-state index contributed by atoms with van der Waals surface area (Å²) < 4.78 is 5.72. The lowest BCUT2D eigenvalue weighted by molar-refractivity contribution is 0.0920. The largest absolute Gasteiger partial charge is 0.455 e. The van der Waals surface area contributed by atoms with Crippen LogP contribution in [0.2, 0.25) is 0 Å². The third-order valence-corrected chi connectivity index (χ3v) is 5.32. The molecule has 2 rings (SSSR count). The van der Waals surface area contributed by atoms with Crippen LogP contribution in [0.1, 0.15) is 70.5 Å². The molecule has 0 bridgehead atoms. The maximum absolute atomic E-state index is 12.1. The van der Waals surface area contributed by atoms with E-state index >= 15 is 0 Å². The van der Waals surface area contributed by atoms with Crippen molar-refractivity contribution < 1.29 is 9.21 Å². The van der Waals surface area contributed by atoms with Crippen LogP contribution in [0.25, 0.3) is 0 Å². The van der Waals surface area contributed by atoms with Crippen molar-refractivity contribution in [3.63, 3.8) is 0 Å². The third-order valence-electron chi connectivity index (χ3n) is 4.45. The minimum Gasteiger partial charge on any atom is -0.455 e. The molecule has 2 aromatic rings. The fourth-order valence-electron chi connectivity index (χ4n) is 2.67. The Balaban J connectivity index is 2.14. The number of hydrogen-bond donors (Lipinski definition) is 1. The normalized spacial score (nSPS) is 11.7. The standard InChI is InChI=1S/C22H34N4O2S/c1-8-26(9-2)19-12-18(22(5,6)7)24-21(25-19)29-14-16-10-11-17(28-16)20(27)23-13-15(3)4/h10-12,15H,8-9,13-14H2,1-7H3,(H,23,27). The summed E-state index contributed by atoms with van der Waals surface area (Å²) in [4.78, 5) is 23.9.